The number of aliphatic hydroxyl groups is 1. The van der Waals surface area contributed by atoms with E-state index in [1.54, 1.807) is 11.9 Å². The molecule has 3 nitrogen and oxygen atoms in total. The van der Waals surface area contributed by atoms with Gasteiger partial charge in [0.1, 0.15) is 0 Å². The highest BCUT2D eigenvalue weighted by Gasteiger charge is 2.28. The molecule has 1 aromatic rings. The number of rotatable bonds is 3. The van der Waals surface area contributed by atoms with E-state index in [0.717, 1.165) is 10.4 Å². The maximum atomic E-state index is 12.1. The van der Waals surface area contributed by atoms with Crippen molar-refractivity contribution >= 4 is 17.2 Å². The fraction of sp³-hybridized carbons (Fsp3) is 0.583. The van der Waals surface area contributed by atoms with Gasteiger partial charge in [-0.05, 0) is 39.3 Å². The van der Waals surface area contributed by atoms with Crippen molar-refractivity contribution in [3.05, 3.63) is 21.4 Å². The van der Waals surface area contributed by atoms with E-state index in [-0.39, 0.29) is 12.5 Å². The highest BCUT2D eigenvalue weighted by Crippen LogP contribution is 2.24. The molecule has 90 valence electrons. The molecule has 0 bridgehead atoms. The highest BCUT2D eigenvalue weighted by molar-refractivity contribution is 7.14. The topological polar surface area (TPSA) is 40.5 Å². The van der Waals surface area contributed by atoms with E-state index in [1.165, 1.54) is 16.2 Å². The van der Waals surface area contributed by atoms with Gasteiger partial charge >= 0.3 is 0 Å². The molecule has 0 spiro atoms. The van der Waals surface area contributed by atoms with Crippen LogP contribution in [0.4, 0.5) is 0 Å². The Hall–Kier alpha value is -0.870. The molecule has 16 heavy (non-hydrogen) atoms. The molecule has 0 unspecified atom stereocenters. The van der Waals surface area contributed by atoms with E-state index in [9.17, 15) is 9.90 Å². The second kappa shape index (κ2) is 4.55. The lowest BCUT2D eigenvalue weighted by molar-refractivity contribution is 0.0478. The monoisotopic (exact) mass is 241 g/mol. The first-order valence-electron chi connectivity index (χ1n) is 5.25. The first-order chi connectivity index (χ1) is 7.29. The lowest BCUT2D eigenvalue weighted by Gasteiger charge is -2.33. The van der Waals surface area contributed by atoms with Gasteiger partial charge < -0.3 is 10.0 Å². The standard InChI is InChI=1S/C12H19NO2S/c1-8-6-10(16-9(8)2)11(15)13(5)12(3,4)7-14/h6,14H,7H2,1-5H3. The molecule has 0 aliphatic rings. The molecule has 1 amide bonds. The molecule has 0 aromatic carbocycles. The zero-order chi connectivity index (χ0) is 12.5. The maximum Gasteiger partial charge on any atom is 0.264 e. The number of nitrogens with zero attached hydrogens (tertiary/aromatic N) is 1. The molecular weight excluding hydrogens is 222 g/mol. The van der Waals surface area contributed by atoms with E-state index in [2.05, 4.69) is 0 Å². The Morgan fingerprint density at radius 1 is 1.50 bits per heavy atom. The fourth-order valence-electron chi connectivity index (χ4n) is 1.22. The van der Waals surface area contributed by atoms with Gasteiger partial charge in [-0.3, -0.25) is 4.79 Å². The molecular formula is C12H19NO2S. The predicted molar refractivity (Wildman–Crippen MR) is 67.1 cm³/mol. The first-order valence-corrected chi connectivity index (χ1v) is 6.07. The normalized spacial score (nSPS) is 11.6. The lowest BCUT2D eigenvalue weighted by Crippen LogP contribution is -2.47. The Kier molecular flexibility index (Phi) is 3.76. The van der Waals surface area contributed by atoms with Gasteiger partial charge in [0.15, 0.2) is 0 Å². The van der Waals surface area contributed by atoms with Gasteiger partial charge in [0, 0.05) is 11.9 Å². The van der Waals surface area contributed by atoms with Crippen LogP contribution in [0.1, 0.15) is 34.0 Å². The molecule has 1 rings (SSSR count). The van der Waals surface area contributed by atoms with Crippen molar-refractivity contribution in [2.24, 2.45) is 0 Å². The average Bonchev–Trinajstić information content (AvgIpc) is 2.57. The van der Waals surface area contributed by atoms with Crippen LogP contribution in [0.5, 0.6) is 0 Å². The summed E-state index contributed by atoms with van der Waals surface area (Å²) < 4.78 is 0. The first kappa shape index (κ1) is 13.2. The van der Waals surface area contributed by atoms with E-state index in [1.807, 2.05) is 33.8 Å². The highest BCUT2D eigenvalue weighted by atomic mass is 32.1. The molecule has 0 radical (unpaired) electrons. The number of amides is 1. The summed E-state index contributed by atoms with van der Waals surface area (Å²) in [6.07, 6.45) is 0. The minimum absolute atomic E-state index is 0.0275. The number of aryl methyl sites for hydroxylation is 2. The van der Waals surface area contributed by atoms with Gasteiger partial charge in [0.25, 0.3) is 5.91 Å². The number of likely N-dealkylation sites (N-methyl/N-ethyl adjacent to an activating group) is 1. The number of hydrogen-bond donors (Lipinski definition) is 1. The zero-order valence-corrected chi connectivity index (χ0v) is 11.3. The second-order valence-electron chi connectivity index (χ2n) is 4.68. The van der Waals surface area contributed by atoms with E-state index in [4.69, 9.17) is 0 Å². The minimum Gasteiger partial charge on any atom is -0.394 e. The Bertz CT molecular complexity index is 376. The fourth-order valence-corrected chi connectivity index (χ4v) is 2.23. The summed E-state index contributed by atoms with van der Waals surface area (Å²) in [4.78, 5) is 15.6. The SMILES string of the molecule is Cc1cc(C(=O)N(C)C(C)(C)CO)sc1C. The minimum atomic E-state index is -0.525. The summed E-state index contributed by atoms with van der Waals surface area (Å²) in [5.74, 6) is -0.0275. The number of thiophene rings is 1. The van der Waals surface area contributed by atoms with Crippen molar-refractivity contribution in [2.45, 2.75) is 33.2 Å². The predicted octanol–water partition coefficient (Wildman–Crippen LogP) is 2.21. The van der Waals surface area contributed by atoms with Gasteiger partial charge in [-0.25, -0.2) is 0 Å². The summed E-state index contributed by atoms with van der Waals surface area (Å²) in [6.45, 7) is 7.66. The second-order valence-corrected chi connectivity index (χ2v) is 5.94. The van der Waals surface area contributed by atoms with Crippen molar-refractivity contribution in [1.29, 1.82) is 0 Å². The van der Waals surface area contributed by atoms with Crippen molar-refractivity contribution in [3.63, 3.8) is 0 Å². The third-order valence-corrected chi connectivity index (χ3v) is 4.12. The van der Waals surface area contributed by atoms with Gasteiger partial charge in [-0.1, -0.05) is 0 Å². The molecule has 0 saturated heterocycles. The summed E-state index contributed by atoms with van der Waals surface area (Å²) in [6, 6.07) is 1.91. The summed E-state index contributed by atoms with van der Waals surface area (Å²) >= 11 is 1.50. The van der Waals surface area contributed by atoms with Crippen LogP contribution in [-0.4, -0.2) is 35.1 Å². The molecule has 1 aromatic heterocycles. The lowest BCUT2D eigenvalue weighted by atomic mass is 10.1. The van der Waals surface area contributed by atoms with Gasteiger partial charge in [0.2, 0.25) is 0 Å². The van der Waals surface area contributed by atoms with Crippen LogP contribution in [0.15, 0.2) is 6.07 Å². The van der Waals surface area contributed by atoms with Crippen LogP contribution in [0.3, 0.4) is 0 Å². The van der Waals surface area contributed by atoms with Crippen LogP contribution < -0.4 is 0 Å². The number of carbonyl (C=O) groups is 1. The Labute approximate surface area is 101 Å². The van der Waals surface area contributed by atoms with Crippen LogP contribution in [0.25, 0.3) is 0 Å². The van der Waals surface area contributed by atoms with E-state index >= 15 is 0 Å². The Balaban J connectivity index is 2.94. The Morgan fingerprint density at radius 2 is 2.06 bits per heavy atom. The third kappa shape index (κ3) is 2.44. The maximum absolute atomic E-state index is 12.1. The largest absolute Gasteiger partial charge is 0.394 e. The van der Waals surface area contributed by atoms with Crippen LogP contribution >= 0.6 is 11.3 Å². The van der Waals surface area contributed by atoms with Crippen LogP contribution in [-0.2, 0) is 0 Å². The molecule has 0 saturated carbocycles. The molecule has 0 aliphatic carbocycles. The van der Waals surface area contributed by atoms with Crippen LogP contribution in [0, 0.1) is 13.8 Å². The zero-order valence-electron chi connectivity index (χ0n) is 10.5. The summed E-state index contributed by atoms with van der Waals surface area (Å²) in [5, 5.41) is 9.23. The summed E-state index contributed by atoms with van der Waals surface area (Å²) in [7, 11) is 1.73. The van der Waals surface area contributed by atoms with Crippen molar-refractivity contribution in [1.82, 2.24) is 4.90 Å². The van der Waals surface area contributed by atoms with E-state index < -0.39 is 5.54 Å². The van der Waals surface area contributed by atoms with Gasteiger partial charge in [-0.15, -0.1) is 11.3 Å². The van der Waals surface area contributed by atoms with E-state index in [0.29, 0.717) is 0 Å². The molecule has 1 heterocycles. The van der Waals surface area contributed by atoms with Crippen LogP contribution in [0.2, 0.25) is 0 Å². The molecule has 0 aliphatic heterocycles. The summed E-state index contributed by atoms with van der Waals surface area (Å²) in [5.41, 5.74) is 0.617. The number of aliphatic hydroxyl groups excluding tert-OH is 1. The van der Waals surface area contributed by atoms with Gasteiger partial charge in [0.05, 0.1) is 17.0 Å². The quantitative estimate of drug-likeness (QED) is 0.881. The molecule has 1 N–H and O–H groups in total. The van der Waals surface area contributed by atoms with Crippen molar-refractivity contribution in [2.75, 3.05) is 13.7 Å². The smallest absolute Gasteiger partial charge is 0.264 e. The molecule has 0 fully saturated rings. The Morgan fingerprint density at radius 3 is 2.44 bits per heavy atom. The number of carbonyl (C=O) groups excluding carboxylic acids is 1. The molecule has 4 heteroatoms. The third-order valence-electron chi connectivity index (χ3n) is 2.98. The van der Waals surface area contributed by atoms with Gasteiger partial charge in [-0.2, -0.15) is 0 Å². The molecule has 0 atom stereocenters. The van der Waals surface area contributed by atoms with Crippen molar-refractivity contribution in [3.8, 4) is 0 Å². The number of hydrogen-bond acceptors (Lipinski definition) is 3. The van der Waals surface area contributed by atoms with Crippen molar-refractivity contribution < 1.29 is 9.90 Å². The average molecular weight is 241 g/mol.